The summed E-state index contributed by atoms with van der Waals surface area (Å²) < 4.78 is 8.31. The van der Waals surface area contributed by atoms with Crippen LogP contribution < -0.4 is 5.41 Å². The van der Waals surface area contributed by atoms with Gasteiger partial charge in [0, 0.05) is 12.0 Å². The molecule has 0 fully saturated rings. The summed E-state index contributed by atoms with van der Waals surface area (Å²) in [6.45, 7) is 0. The molecule has 4 nitrogen and oxygen atoms in total. The third-order valence-corrected chi connectivity index (χ3v) is 1.02. The van der Waals surface area contributed by atoms with Crippen LogP contribution in [0, 0.1) is 0 Å². The molecule has 5 heteroatoms. The van der Waals surface area contributed by atoms with E-state index in [1.165, 1.54) is 6.08 Å². The van der Waals surface area contributed by atoms with Crippen molar-refractivity contribution in [2.45, 2.75) is 0 Å². The quantitative estimate of drug-likeness (QED) is 0.476. The molecule has 1 heterocycles. The van der Waals surface area contributed by atoms with Gasteiger partial charge in [0.15, 0.2) is 5.03 Å². The van der Waals surface area contributed by atoms with Crippen LogP contribution in [-0.2, 0) is 0 Å². The smallest absolute Gasteiger partial charge is 0.324 e. The van der Waals surface area contributed by atoms with Crippen molar-refractivity contribution in [2.75, 3.05) is 0 Å². The number of nitrogens with zero attached hydrogens (tertiary/aromatic N) is 2. The van der Waals surface area contributed by atoms with Crippen LogP contribution in [0.5, 0.6) is 0 Å². The van der Waals surface area contributed by atoms with Crippen molar-refractivity contribution in [3.8, 4) is 0 Å². The lowest BCUT2D eigenvalue weighted by Crippen LogP contribution is -2.35. The molecule has 0 radical (unpaired) electrons. The zero-order valence-corrected chi connectivity index (χ0v) is 4.72. The van der Waals surface area contributed by atoms with Gasteiger partial charge in [0.25, 0.3) is 0 Å². The number of hydrogen-bond acceptors (Lipinski definition) is 3. The highest BCUT2D eigenvalue weighted by molar-refractivity contribution is 7.97. The predicted molar refractivity (Wildman–Crippen MR) is 30.1 cm³/mol. The van der Waals surface area contributed by atoms with E-state index in [1.807, 2.05) is 0 Å². The fourth-order valence-corrected chi connectivity index (χ4v) is 0.587. The van der Waals surface area contributed by atoms with Gasteiger partial charge in [0.2, 0.25) is 0 Å². The molecule has 8 heavy (non-hydrogen) atoms. The average molecular weight is 130 g/mol. The summed E-state index contributed by atoms with van der Waals surface area (Å²) in [4.78, 5) is 0. The Kier molecular flexibility index (Phi) is 1.40. The zero-order chi connectivity index (χ0) is 5.98. The Hall–Kier alpha value is -0.680. The summed E-state index contributed by atoms with van der Waals surface area (Å²) in [5.74, 6) is 0.335. The Morgan fingerprint density at radius 3 is 2.62 bits per heavy atom. The van der Waals surface area contributed by atoms with E-state index in [-0.39, 0.29) is 0 Å². The number of azo groups is 1. The van der Waals surface area contributed by atoms with Crippen LogP contribution in [0.3, 0.4) is 0 Å². The van der Waals surface area contributed by atoms with Gasteiger partial charge in [-0.15, -0.1) is 0 Å². The first-order valence-electron chi connectivity index (χ1n) is 1.90. The molecule has 1 rings (SSSR count). The molecule has 0 aromatic rings. The molecule has 0 aromatic heterocycles. The van der Waals surface area contributed by atoms with Gasteiger partial charge in [0.1, 0.15) is 0 Å². The van der Waals surface area contributed by atoms with E-state index < -0.39 is 0 Å². The van der Waals surface area contributed by atoms with Gasteiger partial charge in [-0.3, -0.25) is 5.41 Å². The molecular formula is C3H4N3OS+. The molecule has 1 aliphatic rings. The summed E-state index contributed by atoms with van der Waals surface area (Å²) in [5, 5.41) is 12.5. The third kappa shape index (κ3) is 0.932. The maximum Gasteiger partial charge on any atom is 0.344 e. The average Bonchev–Trinajstić information content (AvgIpc) is 2.14. The van der Waals surface area contributed by atoms with Gasteiger partial charge in [-0.1, -0.05) is 0 Å². The first-order chi connectivity index (χ1) is 3.83. The Balaban J connectivity index is 2.72. The lowest BCUT2D eigenvalue weighted by Gasteiger charge is -1.74. The number of amidine groups is 1. The Labute approximate surface area is 50.0 Å². The summed E-state index contributed by atoms with van der Waals surface area (Å²) >= 11 is 0.536. The Morgan fingerprint density at radius 1 is 1.62 bits per heavy atom. The first-order valence-corrected chi connectivity index (χ1v) is 2.67. The summed E-state index contributed by atoms with van der Waals surface area (Å²) in [7, 11) is 0. The van der Waals surface area contributed by atoms with Crippen LogP contribution in [0.2, 0.25) is 0 Å². The minimum Gasteiger partial charge on any atom is -0.324 e. The van der Waals surface area contributed by atoms with Crippen molar-refractivity contribution in [1.82, 2.24) is 0 Å². The second-order valence-corrected chi connectivity index (χ2v) is 1.80. The van der Waals surface area contributed by atoms with E-state index in [0.29, 0.717) is 22.9 Å². The monoisotopic (exact) mass is 130 g/mol. The molecule has 1 aliphatic heterocycles. The summed E-state index contributed by atoms with van der Waals surface area (Å²) in [6, 6.07) is 0. The minimum absolute atomic E-state index is 0.335. The van der Waals surface area contributed by atoms with Crippen molar-refractivity contribution < 1.29 is 9.96 Å². The Bertz CT molecular complexity index is 173. The minimum atomic E-state index is 0.335. The molecule has 0 unspecified atom stereocenters. The normalized spacial score (nSPS) is 17.1. The fraction of sp³-hybridized carbons (Fsp3) is 0. The van der Waals surface area contributed by atoms with Gasteiger partial charge >= 0.3 is 5.84 Å². The van der Waals surface area contributed by atoms with E-state index in [0.717, 1.165) is 0 Å². The first kappa shape index (κ1) is 5.46. The van der Waals surface area contributed by atoms with Crippen LogP contribution in [0.25, 0.3) is 0 Å². The largest absolute Gasteiger partial charge is 0.344 e. The Morgan fingerprint density at radius 2 is 2.38 bits per heavy atom. The van der Waals surface area contributed by atoms with Crippen molar-refractivity contribution in [2.24, 2.45) is 10.2 Å². The standard InChI is InChI=1S/C3H3N3OS/c4-2-1-3(8-7)6-5-2/h1,4,7H/p+1. The van der Waals surface area contributed by atoms with Crippen molar-refractivity contribution in [1.29, 1.82) is 0 Å². The van der Waals surface area contributed by atoms with Crippen LogP contribution in [0.4, 0.5) is 0 Å². The molecule has 42 valence electrons. The third-order valence-electron chi connectivity index (χ3n) is 0.629. The van der Waals surface area contributed by atoms with Gasteiger partial charge < -0.3 is 4.55 Å². The van der Waals surface area contributed by atoms with E-state index in [1.54, 1.807) is 0 Å². The van der Waals surface area contributed by atoms with Gasteiger partial charge in [0.05, 0.1) is 11.2 Å². The molecule has 0 aliphatic carbocycles. The van der Waals surface area contributed by atoms with E-state index in [9.17, 15) is 0 Å². The second kappa shape index (κ2) is 2.06. The summed E-state index contributed by atoms with van der Waals surface area (Å²) in [5.41, 5.74) is 0. The van der Waals surface area contributed by atoms with E-state index >= 15 is 0 Å². The van der Waals surface area contributed by atoms with Crippen LogP contribution in [0.15, 0.2) is 21.3 Å². The molecule has 3 N–H and O–H groups in total. The molecule has 0 amide bonds. The van der Waals surface area contributed by atoms with Gasteiger partial charge in [-0.05, 0) is 5.11 Å². The topological polar surface area (TPSA) is 70.5 Å². The predicted octanol–water partition coefficient (Wildman–Crippen LogP) is -0.343. The highest BCUT2D eigenvalue weighted by atomic mass is 32.2. The number of rotatable bonds is 1. The van der Waals surface area contributed by atoms with Crippen molar-refractivity contribution in [3.63, 3.8) is 0 Å². The maximum atomic E-state index is 8.31. The van der Waals surface area contributed by atoms with E-state index in [4.69, 9.17) is 9.96 Å². The van der Waals surface area contributed by atoms with Gasteiger partial charge in [-0.2, -0.15) is 0 Å². The molecule has 0 saturated carbocycles. The van der Waals surface area contributed by atoms with Crippen molar-refractivity contribution >= 4 is 17.9 Å². The molecule has 0 atom stereocenters. The molecule has 0 saturated heterocycles. The highest BCUT2D eigenvalue weighted by Gasteiger charge is 2.11. The van der Waals surface area contributed by atoms with Crippen molar-refractivity contribution in [3.05, 3.63) is 11.1 Å². The van der Waals surface area contributed by atoms with E-state index in [2.05, 4.69) is 10.2 Å². The highest BCUT2D eigenvalue weighted by Crippen LogP contribution is 2.16. The maximum absolute atomic E-state index is 8.31. The molecule has 0 bridgehead atoms. The number of hydrogen-bond donors (Lipinski definition) is 2. The van der Waals surface area contributed by atoms with Crippen LogP contribution in [-0.4, -0.2) is 10.4 Å². The van der Waals surface area contributed by atoms with Gasteiger partial charge in [-0.25, -0.2) is 0 Å². The lowest BCUT2D eigenvalue weighted by atomic mass is 10.6. The lowest BCUT2D eigenvalue weighted by molar-refractivity contribution is -0.113. The fourth-order valence-electron chi connectivity index (χ4n) is 0.336. The summed E-state index contributed by atoms with van der Waals surface area (Å²) in [6.07, 6.45) is 1.49. The number of nitrogens with two attached hydrogens (primary N) is 1. The molecule has 0 aromatic carbocycles. The van der Waals surface area contributed by atoms with Crippen LogP contribution >= 0.6 is 12.0 Å². The van der Waals surface area contributed by atoms with Crippen LogP contribution in [0.1, 0.15) is 0 Å². The second-order valence-electron chi connectivity index (χ2n) is 1.20. The SMILES string of the molecule is [NH2+]=C1C=C(SO)N=N1. The molecule has 0 spiro atoms. The zero-order valence-electron chi connectivity index (χ0n) is 3.90. The molecular weight excluding hydrogens is 126 g/mol.